The molecule has 0 saturated heterocycles. The van der Waals surface area contributed by atoms with E-state index in [0.717, 1.165) is 0 Å². The molecule has 0 aliphatic rings. The van der Waals surface area contributed by atoms with E-state index in [0.29, 0.717) is 25.1 Å². The van der Waals surface area contributed by atoms with Gasteiger partial charge >= 0.3 is 17.9 Å². The van der Waals surface area contributed by atoms with Crippen molar-refractivity contribution in [2.24, 2.45) is 11.5 Å². The van der Waals surface area contributed by atoms with Crippen molar-refractivity contribution in [3.8, 4) is 0 Å². The van der Waals surface area contributed by atoms with Crippen molar-refractivity contribution in [3.63, 3.8) is 0 Å². The molecule has 0 aliphatic heterocycles. The van der Waals surface area contributed by atoms with Gasteiger partial charge in [0.15, 0.2) is 0 Å². The van der Waals surface area contributed by atoms with E-state index in [1.165, 1.54) is 11.8 Å². The predicted molar refractivity (Wildman–Crippen MR) is 126 cm³/mol. The lowest BCUT2D eigenvalue weighted by molar-refractivity contribution is -0.143. The van der Waals surface area contributed by atoms with Gasteiger partial charge in [-0.3, -0.25) is 24.0 Å². The summed E-state index contributed by atoms with van der Waals surface area (Å²) in [5, 5.41) is 34.2. The van der Waals surface area contributed by atoms with Crippen molar-refractivity contribution in [1.82, 2.24) is 16.0 Å². The molecule has 0 aromatic rings. The van der Waals surface area contributed by atoms with Crippen LogP contribution in [-0.4, -0.2) is 93.7 Å². The van der Waals surface area contributed by atoms with Gasteiger partial charge < -0.3 is 42.7 Å². The highest BCUT2D eigenvalue weighted by Gasteiger charge is 2.30. The topological polar surface area (TPSA) is 251 Å². The lowest BCUT2D eigenvalue weighted by Crippen LogP contribution is -2.57. The minimum absolute atomic E-state index is 0.0890. The lowest BCUT2D eigenvalue weighted by Gasteiger charge is -2.25. The summed E-state index contributed by atoms with van der Waals surface area (Å²) in [5.74, 6) is -6.01. The summed E-state index contributed by atoms with van der Waals surface area (Å²) in [6.45, 7) is 0.344. The van der Waals surface area contributed by atoms with Gasteiger partial charge in [0.25, 0.3) is 0 Å². The summed E-state index contributed by atoms with van der Waals surface area (Å²) in [6.07, 6.45) is 1.45. The third-order valence-corrected chi connectivity index (χ3v) is 5.46. The zero-order valence-corrected chi connectivity index (χ0v) is 20.3. The largest absolute Gasteiger partial charge is 0.481 e. The molecule has 0 heterocycles. The quantitative estimate of drug-likeness (QED) is 0.0865. The molecule has 200 valence electrons. The number of hydrogen-bond donors (Lipinski definition) is 8. The Hall–Kier alpha value is -2.91. The molecule has 0 saturated carbocycles. The van der Waals surface area contributed by atoms with Gasteiger partial charge in [0, 0.05) is 6.42 Å². The monoisotopic (exact) mass is 521 g/mol. The first-order chi connectivity index (χ1) is 16.4. The minimum atomic E-state index is -1.41. The normalized spacial score (nSPS) is 14.1. The van der Waals surface area contributed by atoms with Crippen LogP contribution in [0.15, 0.2) is 0 Å². The highest BCUT2D eigenvalue weighted by atomic mass is 32.2. The number of thioether (sulfide) groups is 1. The van der Waals surface area contributed by atoms with Crippen LogP contribution in [0, 0.1) is 0 Å². The molecule has 4 unspecified atom stereocenters. The van der Waals surface area contributed by atoms with Gasteiger partial charge in [0.1, 0.15) is 18.1 Å². The van der Waals surface area contributed by atoms with Gasteiger partial charge in [-0.25, -0.2) is 4.79 Å². The number of nitrogens with one attached hydrogen (secondary N) is 3. The number of unbranched alkanes of at least 4 members (excludes halogenated alkanes) is 1. The number of nitrogens with two attached hydrogens (primary N) is 2. The number of aliphatic carboxylic acids is 3. The molecule has 15 heteroatoms. The first kappa shape index (κ1) is 32.1. The second-order valence-corrected chi connectivity index (χ2v) is 8.71. The number of carbonyl (C=O) groups is 6. The number of carbonyl (C=O) groups excluding carboxylic acids is 3. The fourth-order valence-electron chi connectivity index (χ4n) is 2.90. The third kappa shape index (κ3) is 14.2. The second-order valence-electron chi connectivity index (χ2n) is 7.72. The fourth-order valence-corrected chi connectivity index (χ4v) is 3.37. The van der Waals surface area contributed by atoms with Crippen LogP contribution < -0.4 is 27.4 Å². The molecule has 35 heavy (non-hydrogen) atoms. The van der Waals surface area contributed by atoms with Crippen LogP contribution in [0.5, 0.6) is 0 Å². The molecule has 0 fully saturated rings. The standard InChI is InChI=1S/C20H35N5O9S/c1-35-9-7-13(23-17(30)11(22)10-16(28)29)19(32)24-12(5-6-15(26)27)18(31)25-14(20(33)34)4-2-3-8-21/h11-14H,2-10,21-22H2,1H3,(H,23,30)(H,24,32)(H,25,31)(H,26,27)(H,28,29)(H,33,34). The Balaban J connectivity index is 5.50. The van der Waals surface area contributed by atoms with Crippen molar-refractivity contribution in [1.29, 1.82) is 0 Å². The zero-order chi connectivity index (χ0) is 27.0. The summed E-state index contributed by atoms with van der Waals surface area (Å²) in [6, 6.07) is -5.25. The van der Waals surface area contributed by atoms with E-state index in [2.05, 4.69) is 16.0 Å². The van der Waals surface area contributed by atoms with Crippen LogP contribution in [0.4, 0.5) is 0 Å². The lowest BCUT2D eigenvalue weighted by atomic mass is 10.1. The molecular weight excluding hydrogens is 486 g/mol. The van der Waals surface area contributed by atoms with Gasteiger partial charge in [-0.2, -0.15) is 11.8 Å². The van der Waals surface area contributed by atoms with Crippen molar-refractivity contribution < 1.29 is 44.1 Å². The fraction of sp³-hybridized carbons (Fsp3) is 0.700. The molecule has 0 aromatic heterocycles. The van der Waals surface area contributed by atoms with Gasteiger partial charge in [0.05, 0.1) is 12.5 Å². The van der Waals surface area contributed by atoms with E-state index < -0.39 is 72.6 Å². The summed E-state index contributed by atoms with van der Waals surface area (Å²) in [7, 11) is 0. The van der Waals surface area contributed by atoms with E-state index in [4.69, 9.17) is 21.7 Å². The van der Waals surface area contributed by atoms with Crippen molar-refractivity contribution >= 4 is 47.4 Å². The van der Waals surface area contributed by atoms with Crippen LogP contribution in [0.3, 0.4) is 0 Å². The Morgan fingerprint density at radius 3 is 1.80 bits per heavy atom. The SMILES string of the molecule is CSCCC(NC(=O)C(N)CC(=O)O)C(=O)NC(CCC(=O)O)C(=O)NC(CCCCN)C(=O)O. The maximum atomic E-state index is 12.9. The van der Waals surface area contributed by atoms with Gasteiger partial charge in [0.2, 0.25) is 17.7 Å². The maximum absolute atomic E-state index is 12.9. The predicted octanol–water partition coefficient (Wildman–Crippen LogP) is -1.93. The number of hydrogen-bond acceptors (Lipinski definition) is 9. The summed E-state index contributed by atoms with van der Waals surface area (Å²) < 4.78 is 0. The molecule has 0 aromatic carbocycles. The Kier molecular flexibility index (Phi) is 16.1. The van der Waals surface area contributed by atoms with Crippen LogP contribution in [-0.2, 0) is 28.8 Å². The molecule has 0 bridgehead atoms. The van der Waals surface area contributed by atoms with E-state index in [9.17, 15) is 33.9 Å². The van der Waals surface area contributed by atoms with Crippen molar-refractivity contribution in [2.45, 2.75) is 69.1 Å². The van der Waals surface area contributed by atoms with Gasteiger partial charge in [-0.05, 0) is 50.7 Å². The average molecular weight is 522 g/mol. The number of carboxylic acid groups (broad SMARTS) is 3. The maximum Gasteiger partial charge on any atom is 0.326 e. The van der Waals surface area contributed by atoms with Crippen molar-refractivity contribution in [3.05, 3.63) is 0 Å². The first-order valence-electron chi connectivity index (χ1n) is 10.9. The van der Waals surface area contributed by atoms with Crippen LogP contribution >= 0.6 is 11.8 Å². The highest BCUT2D eigenvalue weighted by Crippen LogP contribution is 2.07. The van der Waals surface area contributed by atoms with Gasteiger partial charge in [-0.15, -0.1) is 0 Å². The summed E-state index contributed by atoms with van der Waals surface area (Å²) in [5.41, 5.74) is 10.9. The molecule has 10 N–H and O–H groups in total. The highest BCUT2D eigenvalue weighted by molar-refractivity contribution is 7.98. The minimum Gasteiger partial charge on any atom is -0.481 e. The van der Waals surface area contributed by atoms with Crippen LogP contribution in [0.1, 0.15) is 44.9 Å². The molecule has 0 spiro atoms. The van der Waals surface area contributed by atoms with Gasteiger partial charge in [-0.1, -0.05) is 0 Å². The average Bonchev–Trinajstić information content (AvgIpc) is 2.77. The Bertz CT molecular complexity index is 752. The Morgan fingerprint density at radius 2 is 1.31 bits per heavy atom. The van der Waals surface area contributed by atoms with E-state index in [1.54, 1.807) is 6.26 Å². The molecule has 0 radical (unpaired) electrons. The number of rotatable bonds is 19. The number of carboxylic acids is 3. The summed E-state index contributed by atoms with van der Waals surface area (Å²) >= 11 is 1.37. The summed E-state index contributed by atoms with van der Waals surface area (Å²) in [4.78, 5) is 71.1. The van der Waals surface area contributed by atoms with E-state index >= 15 is 0 Å². The van der Waals surface area contributed by atoms with E-state index in [1.807, 2.05) is 0 Å². The van der Waals surface area contributed by atoms with Crippen LogP contribution in [0.2, 0.25) is 0 Å². The first-order valence-corrected chi connectivity index (χ1v) is 12.3. The molecule has 0 rings (SSSR count). The molecule has 4 atom stereocenters. The molecule has 3 amide bonds. The third-order valence-electron chi connectivity index (χ3n) is 4.82. The molecule has 0 aliphatic carbocycles. The van der Waals surface area contributed by atoms with E-state index in [-0.39, 0.29) is 19.3 Å². The zero-order valence-electron chi connectivity index (χ0n) is 19.5. The smallest absolute Gasteiger partial charge is 0.326 e. The molecular formula is C20H35N5O9S. The molecule has 14 nitrogen and oxygen atoms in total. The Morgan fingerprint density at radius 1 is 0.771 bits per heavy atom. The number of amides is 3. The van der Waals surface area contributed by atoms with Crippen LogP contribution in [0.25, 0.3) is 0 Å². The van der Waals surface area contributed by atoms with Crippen molar-refractivity contribution in [2.75, 3.05) is 18.6 Å². The second kappa shape index (κ2) is 17.5. The Labute approximate surface area is 206 Å².